The molecule has 0 saturated heterocycles. The number of halogens is 4. The average Bonchev–Trinajstić information content (AvgIpc) is 2.08. The van der Waals surface area contributed by atoms with Gasteiger partial charge in [-0.1, -0.05) is 82.8 Å². The predicted molar refractivity (Wildman–Crippen MR) is 56.9 cm³/mol. The van der Waals surface area contributed by atoms with Crippen LogP contribution in [-0.4, -0.2) is 0 Å². The van der Waals surface area contributed by atoms with E-state index in [2.05, 4.69) is 0 Å². The Bertz CT molecular complexity index is 185. The number of benzene rings is 1. The smallest absolute Gasteiger partial charge is 0.0682 e. The molecule has 0 spiro atoms. The van der Waals surface area contributed by atoms with Crippen molar-refractivity contribution < 1.29 is 0 Å². The Labute approximate surface area is 91.7 Å². The van der Waals surface area contributed by atoms with Crippen molar-refractivity contribution in [3.63, 3.8) is 0 Å². The molecule has 0 saturated carbocycles. The molecule has 0 bridgehead atoms. The molecule has 4 heteroatoms. The number of hydrogen-bond donors (Lipinski definition) is 0. The van der Waals surface area contributed by atoms with Gasteiger partial charge in [-0.15, -0.1) is 0 Å². The summed E-state index contributed by atoms with van der Waals surface area (Å²) in [5.41, 5.74) is 0. The van der Waals surface area contributed by atoms with Crippen LogP contribution in [-0.2, 0) is 0 Å². The summed E-state index contributed by atoms with van der Waals surface area (Å²) in [5.74, 6) is 0. The molecule has 0 amide bonds. The highest BCUT2D eigenvalue weighted by Crippen LogP contribution is 2.20. The fraction of sp³-hybridized carbons (Fsp3) is 0. The van der Waals surface area contributed by atoms with Crippen LogP contribution in [0.15, 0.2) is 45.4 Å². The SMILES string of the molecule is ClC(Cl)=C(Cl)Cl.c1ccccc1. The molecule has 1 aromatic rings. The molecule has 0 aliphatic carbocycles. The molecule has 0 aliphatic rings. The van der Waals surface area contributed by atoms with Crippen molar-refractivity contribution in [3.8, 4) is 0 Å². The minimum Gasteiger partial charge on any atom is -0.0682 e. The minimum absolute atomic E-state index is 0.0988. The van der Waals surface area contributed by atoms with Gasteiger partial charge in [-0.25, -0.2) is 0 Å². The highest BCUT2D eigenvalue weighted by molar-refractivity contribution is 6.67. The first kappa shape index (κ1) is 12.1. The molecule has 12 heavy (non-hydrogen) atoms. The average molecular weight is 244 g/mol. The molecular formula is C8H6Cl4. The van der Waals surface area contributed by atoms with Gasteiger partial charge in [-0.2, -0.15) is 0 Å². The Hall–Kier alpha value is 0.120. The summed E-state index contributed by atoms with van der Waals surface area (Å²) in [6.45, 7) is 0. The second-order valence-corrected chi connectivity index (χ2v) is 3.57. The Kier molecular flexibility index (Phi) is 7.83. The lowest BCUT2D eigenvalue weighted by molar-refractivity contribution is 1.72. The summed E-state index contributed by atoms with van der Waals surface area (Å²) in [6.07, 6.45) is 0. The third-order valence-corrected chi connectivity index (χ3v) is 1.95. The fourth-order valence-corrected chi connectivity index (χ4v) is 0.385. The third kappa shape index (κ3) is 8.22. The van der Waals surface area contributed by atoms with Crippen LogP contribution in [0.25, 0.3) is 0 Å². The molecule has 0 fully saturated rings. The van der Waals surface area contributed by atoms with Crippen LogP contribution in [0.5, 0.6) is 0 Å². The zero-order chi connectivity index (χ0) is 9.40. The summed E-state index contributed by atoms with van der Waals surface area (Å²) in [6, 6.07) is 12.0. The van der Waals surface area contributed by atoms with Crippen LogP contribution in [0.2, 0.25) is 0 Å². The summed E-state index contributed by atoms with van der Waals surface area (Å²) in [4.78, 5) is 0. The maximum Gasteiger partial charge on any atom is 0.136 e. The molecule has 0 aromatic heterocycles. The van der Waals surface area contributed by atoms with Gasteiger partial charge in [-0.3, -0.25) is 0 Å². The predicted octanol–water partition coefficient (Wildman–Crippen LogP) is 4.75. The van der Waals surface area contributed by atoms with E-state index in [1.54, 1.807) is 0 Å². The van der Waals surface area contributed by atoms with Crippen molar-refractivity contribution in [2.75, 3.05) is 0 Å². The standard InChI is InChI=1S/C6H6.C2Cl4/c1-2-4-6-5-3-1;3-1(4)2(5)6/h1-6H;. The van der Waals surface area contributed by atoms with Gasteiger partial charge in [0.05, 0.1) is 0 Å². The molecule has 0 heterocycles. The molecule has 0 radical (unpaired) electrons. The fourth-order valence-electron chi connectivity index (χ4n) is 0.385. The molecule has 1 rings (SSSR count). The van der Waals surface area contributed by atoms with Gasteiger partial charge in [0.2, 0.25) is 0 Å². The van der Waals surface area contributed by atoms with Gasteiger partial charge >= 0.3 is 0 Å². The zero-order valence-electron chi connectivity index (χ0n) is 5.98. The monoisotopic (exact) mass is 242 g/mol. The van der Waals surface area contributed by atoms with Gasteiger partial charge < -0.3 is 0 Å². The first-order valence-corrected chi connectivity index (χ1v) is 4.52. The topological polar surface area (TPSA) is 0 Å². The van der Waals surface area contributed by atoms with Crippen molar-refractivity contribution in [2.45, 2.75) is 0 Å². The Morgan fingerprint density at radius 1 is 0.500 bits per heavy atom. The summed E-state index contributed by atoms with van der Waals surface area (Å²) >= 11 is 20.0. The highest BCUT2D eigenvalue weighted by atomic mass is 35.5. The van der Waals surface area contributed by atoms with E-state index in [4.69, 9.17) is 46.4 Å². The van der Waals surface area contributed by atoms with E-state index >= 15 is 0 Å². The van der Waals surface area contributed by atoms with Crippen molar-refractivity contribution in [1.82, 2.24) is 0 Å². The van der Waals surface area contributed by atoms with Gasteiger partial charge in [0.15, 0.2) is 0 Å². The summed E-state index contributed by atoms with van der Waals surface area (Å²) in [5, 5.41) is 0. The van der Waals surface area contributed by atoms with E-state index < -0.39 is 0 Å². The Balaban J connectivity index is 0.000000202. The van der Waals surface area contributed by atoms with E-state index in [0.717, 1.165) is 0 Å². The molecule has 66 valence electrons. The Morgan fingerprint density at radius 3 is 0.750 bits per heavy atom. The third-order valence-electron chi connectivity index (χ3n) is 0.810. The lowest BCUT2D eigenvalue weighted by atomic mass is 10.4. The van der Waals surface area contributed by atoms with Gasteiger partial charge in [0.25, 0.3) is 0 Å². The molecule has 0 unspecified atom stereocenters. The first-order valence-electron chi connectivity index (χ1n) is 3.01. The lowest BCUT2D eigenvalue weighted by Crippen LogP contribution is -1.47. The maximum absolute atomic E-state index is 4.99. The zero-order valence-corrected chi connectivity index (χ0v) is 9.00. The van der Waals surface area contributed by atoms with Crippen LogP contribution in [0, 0.1) is 0 Å². The largest absolute Gasteiger partial charge is 0.136 e. The first-order chi connectivity index (χ1) is 5.64. The van der Waals surface area contributed by atoms with Crippen LogP contribution >= 0.6 is 46.4 Å². The van der Waals surface area contributed by atoms with Gasteiger partial charge in [-0.05, 0) is 0 Å². The number of hydrogen-bond acceptors (Lipinski definition) is 0. The molecule has 0 nitrogen and oxygen atoms in total. The van der Waals surface area contributed by atoms with E-state index in [0.29, 0.717) is 0 Å². The molecule has 0 atom stereocenters. The van der Waals surface area contributed by atoms with Crippen LogP contribution < -0.4 is 0 Å². The van der Waals surface area contributed by atoms with Gasteiger partial charge in [0.1, 0.15) is 8.98 Å². The second-order valence-electron chi connectivity index (χ2n) is 1.68. The van der Waals surface area contributed by atoms with Crippen LogP contribution in [0.3, 0.4) is 0 Å². The Morgan fingerprint density at radius 2 is 0.667 bits per heavy atom. The molecular weight excluding hydrogens is 238 g/mol. The number of rotatable bonds is 0. The molecule has 0 N–H and O–H groups in total. The second kappa shape index (κ2) is 7.75. The van der Waals surface area contributed by atoms with Crippen LogP contribution in [0.1, 0.15) is 0 Å². The van der Waals surface area contributed by atoms with Crippen molar-refractivity contribution in [1.29, 1.82) is 0 Å². The van der Waals surface area contributed by atoms with E-state index in [-0.39, 0.29) is 8.98 Å². The van der Waals surface area contributed by atoms with Crippen molar-refractivity contribution >= 4 is 46.4 Å². The van der Waals surface area contributed by atoms with E-state index in [1.165, 1.54) is 0 Å². The minimum atomic E-state index is -0.0988. The normalized spacial score (nSPS) is 8.00. The molecule has 1 aromatic carbocycles. The van der Waals surface area contributed by atoms with Crippen LogP contribution in [0.4, 0.5) is 0 Å². The highest BCUT2D eigenvalue weighted by Gasteiger charge is 1.88. The quantitative estimate of drug-likeness (QED) is 0.617. The lowest BCUT2D eigenvalue weighted by Gasteiger charge is -1.75. The molecule has 0 aliphatic heterocycles. The van der Waals surface area contributed by atoms with Crippen molar-refractivity contribution in [2.24, 2.45) is 0 Å². The van der Waals surface area contributed by atoms with Crippen molar-refractivity contribution in [3.05, 3.63) is 45.4 Å². The van der Waals surface area contributed by atoms with E-state index in [9.17, 15) is 0 Å². The van der Waals surface area contributed by atoms with Gasteiger partial charge in [0, 0.05) is 0 Å². The summed E-state index contributed by atoms with van der Waals surface area (Å²) < 4.78 is -0.198. The summed E-state index contributed by atoms with van der Waals surface area (Å²) in [7, 11) is 0. The van der Waals surface area contributed by atoms with E-state index in [1.807, 2.05) is 36.4 Å². The maximum atomic E-state index is 4.99.